The van der Waals surface area contributed by atoms with E-state index in [1.807, 2.05) is 32.0 Å². The lowest BCUT2D eigenvalue weighted by Gasteiger charge is -2.26. The number of phenolic OH excluding ortho intramolecular Hbond substituents is 1. The number of carbonyl (C=O) groups excluding carboxylic acids is 2. The van der Waals surface area contributed by atoms with Crippen LogP contribution < -0.4 is 9.64 Å². The highest BCUT2D eigenvalue weighted by atomic mass is 35.5. The van der Waals surface area contributed by atoms with Gasteiger partial charge in [0.15, 0.2) is 11.5 Å². The van der Waals surface area contributed by atoms with Crippen LogP contribution in [0.4, 0.5) is 5.69 Å². The summed E-state index contributed by atoms with van der Waals surface area (Å²) < 4.78 is 5.58. The van der Waals surface area contributed by atoms with Crippen molar-refractivity contribution in [1.29, 1.82) is 0 Å². The third kappa shape index (κ3) is 4.88. The van der Waals surface area contributed by atoms with Crippen molar-refractivity contribution in [2.75, 3.05) is 11.5 Å². The van der Waals surface area contributed by atoms with Crippen molar-refractivity contribution >= 4 is 34.7 Å². The molecule has 0 saturated carbocycles. The Kier molecular flexibility index (Phi) is 7.31. The van der Waals surface area contributed by atoms with Crippen LogP contribution >= 0.6 is 11.6 Å². The SMILES string of the molecule is CCOc1cc(C2/C(=C(\O)c3cc(C(C)(C)C)ccc3C)C(=O)C(=O)N2c2ccc(C)c(Cl)c2)ccc1O. The molecule has 0 radical (unpaired) electrons. The number of ether oxygens (including phenoxy) is 1. The van der Waals surface area contributed by atoms with Gasteiger partial charge < -0.3 is 14.9 Å². The molecule has 2 N–H and O–H groups in total. The molecule has 7 heteroatoms. The molecule has 0 spiro atoms. The van der Waals surface area contributed by atoms with Crippen LogP contribution in [0.2, 0.25) is 5.02 Å². The van der Waals surface area contributed by atoms with Gasteiger partial charge in [-0.25, -0.2) is 0 Å². The second-order valence-corrected chi connectivity index (χ2v) is 10.9. The number of halogens is 1. The van der Waals surface area contributed by atoms with Crippen molar-refractivity contribution in [2.24, 2.45) is 0 Å². The average molecular weight is 534 g/mol. The molecule has 38 heavy (non-hydrogen) atoms. The van der Waals surface area contributed by atoms with E-state index in [-0.39, 0.29) is 28.2 Å². The van der Waals surface area contributed by atoms with Crippen molar-refractivity contribution in [1.82, 2.24) is 0 Å². The molecule has 0 aromatic heterocycles. The number of amides is 1. The highest BCUT2D eigenvalue weighted by Gasteiger charge is 2.47. The normalized spacial score (nSPS) is 17.2. The second-order valence-electron chi connectivity index (χ2n) is 10.5. The fraction of sp³-hybridized carbons (Fsp3) is 0.290. The number of hydrogen-bond donors (Lipinski definition) is 2. The zero-order valence-corrected chi connectivity index (χ0v) is 23.2. The summed E-state index contributed by atoms with van der Waals surface area (Å²) in [5, 5.41) is 22.4. The minimum absolute atomic E-state index is 0.0472. The topological polar surface area (TPSA) is 87.1 Å². The Bertz CT molecular complexity index is 1470. The lowest BCUT2D eigenvalue weighted by atomic mass is 9.84. The summed E-state index contributed by atoms with van der Waals surface area (Å²) in [7, 11) is 0. The van der Waals surface area contributed by atoms with Crippen LogP contribution in [0.3, 0.4) is 0 Å². The van der Waals surface area contributed by atoms with Gasteiger partial charge in [0.05, 0.1) is 18.2 Å². The van der Waals surface area contributed by atoms with Crippen LogP contribution in [0.15, 0.2) is 60.2 Å². The largest absolute Gasteiger partial charge is 0.507 e. The summed E-state index contributed by atoms with van der Waals surface area (Å²) >= 11 is 6.40. The van der Waals surface area contributed by atoms with E-state index in [4.69, 9.17) is 16.3 Å². The Labute approximate surface area is 228 Å². The molecule has 6 nitrogen and oxygen atoms in total. The summed E-state index contributed by atoms with van der Waals surface area (Å²) in [5.74, 6) is -1.71. The Morgan fingerprint density at radius 2 is 1.68 bits per heavy atom. The Morgan fingerprint density at radius 1 is 1.00 bits per heavy atom. The van der Waals surface area contributed by atoms with Crippen LogP contribution in [0.5, 0.6) is 11.5 Å². The van der Waals surface area contributed by atoms with Gasteiger partial charge in [0.1, 0.15) is 5.76 Å². The number of nitrogens with zero attached hydrogens (tertiary/aromatic N) is 1. The first-order valence-electron chi connectivity index (χ1n) is 12.5. The fourth-order valence-corrected chi connectivity index (χ4v) is 4.78. The first-order valence-corrected chi connectivity index (χ1v) is 12.9. The molecule has 1 saturated heterocycles. The van der Waals surface area contributed by atoms with Gasteiger partial charge in [0.25, 0.3) is 11.7 Å². The van der Waals surface area contributed by atoms with Crippen LogP contribution in [0, 0.1) is 13.8 Å². The molecule has 1 amide bonds. The monoisotopic (exact) mass is 533 g/mol. The maximum absolute atomic E-state index is 13.6. The van der Waals surface area contributed by atoms with E-state index in [9.17, 15) is 19.8 Å². The minimum atomic E-state index is -0.980. The van der Waals surface area contributed by atoms with Crippen molar-refractivity contribution < 1.29 is 24.5 Å². The summed E-state index contributed by atoms with van der Waals surface area (Å²) in [6, 6.07) is 14.5. The molecule has 1 heterocycles. The first kappa shape index (κ1) is 27.3. The Balaban J connectivity index is 2.01. The number of aliphatic hydroxyl groups excluding tert-OH is 1. The number of hydrogen-bond acceptors (Lipinski definition) is 5. The average Bonchev–Trinajstić information content (AvgIpc) is 3.12. The number of ketones is 1. The predicted molar refractivity (Wildman–Crippen MR) is 150 cm³/mol. The number of aliphatic hydroxyl groups is 1. The lowest BCUT2D eigenvalue weighted by Crippen LogP contribution is -2.29. The molecule has 3 aromatic rings. The van der Waals surface area contributed by atoms with Crippen LogP contribution in [-0.2, 0) is 15.0 Å². The maximum atomic E-state index is 13.6. The van der Waals surface area contributed by atoms with Gasteiger partial charge in [-0.05, 0) is 78.8 Å². The molecule has 3 aromatic carbocycles. The second kappa shape index (κ2) is 10.2. The number of carbonyl (C=O) groups is 2. The van der Waals surface area contributed by atoms with Crippen LogP contribution in [0.25, 0.3) is 5.76 Å². The van der Waals surface area contributed by atoms with Crippen molar-refractivity contribution in [3.8, 4) is 11.5 Å². The highest BCUT2D eigenvalue weighted by Crippen LogP contribution is 2.45. The van der Waals surface area contributed by atoms with E-state index in [1.165, 1.54) is 11.0 Å². The van der Waals surface area contributed by atoms with E-state index >= 15 is 0 Å². The van der Waals surface area contributed by atoms with Crippen molar-refractivity contribution in [3.63, 3.8) is 0 Å². The summed E-state index contributed by atoms with van der Waals surface area (Å²) in [5.41, 5.74) is 3.70. The van der Waals surface area contributed by atoms with E-state index in [2.05, 4.69) is 20.8 Å². The van der Waals surface area contributed by atoms with Crippen LogP contribution in [0.1, 0.15) is 61.6 Å². The maximum Gasteiger partial charge on any atom is 0.300 e. The summed E-state index contributed by atoms with van der Waals surface area (Å²) in [6.45, 7) is 12.0. The molecular weight excluding hydrogens is 502 g/mol. The molecule has 198 valence electrons. The molecular formula is C31H32ClNO5. The summed E-state index contributed by atoms with van der Waals surface area (Å²) in [6.07, 6.45) is 0. The van der Waals surface area contributed by atoms with Gasteiger partial charge in [-0.3, -0.25) is 14.5 Å². The third-order valence-electron chi connectivity index (χ3n) is 6.84. The van der Waals surface area contributed by atoms with Gasteiger partial charge in [-0.2, -0.15) is 0 Å². The first-order chi connectivity index (χ1) is 17.8. The predicted octanol–water partition coefficient (Wildman–Crippen LogP) is 6.98. The molecule has 1 atom stereocenters. The Morgan fingerprint density at radius 3 is 2.32 bits per heavy atom. The quantitative estimate of drug-likeness (QED) is 0.210. The number of aromatic hydroxyl groups is 1. The fourth-order valence-electron chi connectivity index (χ4n) is 4.61. The van der Waals surface area contributed by atoms with Crippen molar-refractivity contribution in [2.45, 2.75) is 53.0 Å². The molecule has 1 aliphatic heterocycles. The minimum Gasteiger partial charge on any atom is -0.507 e. The molecule has 4 rings (SSSR count). The van der Waals surface area contributed by atoms with Gasteiger partial charge in [0.2, 0.25) is 0 Å². The standard InChI is InChI=1S/C31H32ClNO5/c1-7-38-25-14-19(10-13-24(25)34)27-26(28(35)22-15-20(31(4,5)6)11-8-17(22)2)29(36)30(37)33(27)21-12-9-18(3)23(32)16-21/h8-16,27,34-35H,7H2,1-6H3/b28-26+. The van der Waals surface area contributed by atoms with E-state index in [1.54, 1.807) is 37.3 Å². The van der Waals surface area contributed by atoms with E-state index in [0.29, 0.717) is 28.4 Å². The Hall–Kier alpha value is -3.77. The number of rotatable bonds is 5. The molecule has 0 aliphatic carbocycles. The highest BCUT2D eigenvalue weighted by molar-refractivity contribution is 6.51. The third-order valence-corrected chi connectivity index (χ3v) is 7.24. The van der Waals surface area contributed by atoms with Gasteiger partial charge >= 0.3 is 0 Å². The van der Waals surface area contributed by atoms with E-state index in [0.717, 1.165) is 16.7 Å². The number of benzene rings is 3. The molecule has 1 aliphatic rings. The number of Topliss-reactive ketones (excluding diaryl/α,β-unsaturated/α-hetero) is 1. The zero-order chi connectivity index (χ0) is 27.9. The van der Waals surface area contributed by atoms with Gasteiger partial charge in [0, 0.05) is 16.3 Å². The smallest absolute Gasteiger partial charge is 0.300 e. The molecule has 1 fully saturated rings. The van der Waals surface area contributed by atoms with Gasteiger partial charge in [-0.1, -0.05) is 56.6 Å². The van der Waals surface area contributed by atoms with Gasteiger partial charge in [-0.15, -0.1) is 0 Å². The number of phenols is 1. The number of aryl methyl sites for hydroxylation is 2. The van der Waals surface area contributed by atoms with Crippen LogP contribution in [-0.4, -0.2) is 28.5 Å². The van der Waals surface area contributed by atoms with Crippen molar-refractivity contribution in [3.05, 3.63) is 93.0 Å². The number of anilines is 1. The van der Waals surface area contributed by atoms with E-state index < -0.39 is 17.7 Å². The molecule has 0 bridgehead atoms. The lowest BCUT2D eigenvalue weighted by molar-refractivity contribution is -0.132. The molecule has 1 unspecified atom stereocenters. The zero-order valence-electron chi connectivity index (χ0n) is 22.4. The summed E-state index contributed by atoms with van der Waals surface area (Å²) in [4.78, 5) is 28.5.